The molecule has 0 bridgehead atoms. The first-order chi connectivity index (χ1) is 8.56. The molecule has 18 heavy (non-hydrogen) atoms. The molecular weight excluding hydrogens is 256 g/mol. The average Bonchev–Trinajstić information content (AvgIpc) is 2.85. The SMILES string of the molecule is CCn1c(-c2cccs2)nc(C(=O)O)c(O)c1=O. The molecule has 0 fully saturated rings. The molecule has 0 aromatic carbocycles. The van der Waals surface area contributed by atoms with Gasteiger partial charge in [-0.2, -0.15) is 0 Å². The Bertz CT molecular complexity index is 646. The summed E-state index contributed by atoms with van der Waals surface area (Å²) >= 11 is 1.34. The maximum Gasteiger partial charge on any atom is 0.358 e. The first kappa shape index (κ1) is 12.3. The van der Waals surface area contributed by atoms with Crippen molar-refractivity contribution in [3.8, 4) is 16.5 Å². The maximum atomic E-state index is 11.9. The standard InChI is InChI=1S/C11H10N2O4S/c1-2-13-9(6-4-3-5-18-6)12-7(11(16)17)8(14)10(13)15/h3-5,14H,2H2,1H3,(H,16,17). The quantitative estimate of drug-likeness (QED) is 0.875. The topological polar surface area (TPSA) is 92.4 Å². The van der Waals surface area contributed by atoms with E-state index in [1.165, 1.54) is 15.9 Å². The Labute approximate surface area is 106 Å². The zero-order chi connectivity index (χ0) is 13.3. The zero-order valence-electron chi connectivity index (χ0n) is 9.45. The van der Waals surface area contributed by atoms with E-state index in [-0.39, 0.29) is 5.82 Å². The van der Waals surface area contributed by atoms with Gasteiger partial charge in [0.25, 0.3) is 5.56 Å². The fourth-order valence-electron chi connectivity index (χ4n) is 1.58. The molecule has 0 aliphatic heterocycles. The van der Waals surface area contributed by atoms with Gasteiger partial charge in [0.1, 0.15) is 0 Å². The third kappa shape index (κ3) is 1.88. The van der Waals surface area contributed by atoms with E-state index in [4.69, 9.17) is 5.11 Å². The molecule has 0 aliphatic carbocycles. The summed E-state index contributed by atoms with van der Waals surface area (Å²) in [5.41, 5.74) is -1.36. The Kier molecular flexibility index (Phi) is 3.15. The second-order valence-corrected chi connectivity index (χ2v) is 4.41. The van der Waals surface area contributed by atoms with E-state index in [9.17, 15) is 14.7 Å². The van der Waals surface area contributed by atoms with Crippen LogP contribution in [0.4, 0.5) is 0 Å². The van der Waals surface area contributed by atoms with Gasteiger partial charge in [0.15, 0.2) is 11.5 Å². The van der Waals surface area contributed by atoms with Crippen LogP contribution in [0.3, 0.4) is 0 Å². The van der Waals surface area contributed by atoms with Crippen molar-refractivity contribution in [3.05, 3.63) is 33.6 Å². The Balaban J connectivity index is 2.80. The summed E-state index contributed by atoms with van der Waals surface area (Å²) in [7, 11) is 0. The number of thiophene rings is 1. The van der Waals surface area contributed by atoms with Crippen LogP contribution in [0.2, 0.25) is 0 Å². The number of hydrogen-bond acceptors (Lipinski definition) is 5. The minimum Gasteiger partial charge on any atom is -0.501 e. The number of aromatic nitrogens is 2. The van der Waals surface area contributed by atoms with E-state index in [1.54, 1.807) is 24.4 Å². The van der Waals surface area contributed by atoms with E-state index in [0.717, 1.165) is 0 Å². The van der Waals surface area contributed by atoms with Crippen molar-refractivity contribution in [2.45, 2.75) is 13.5 Å². The highest BCUT2D eigenvalue weighted by Crippen LogP contribution is 2.24. The summed E-state index contributed by atoms with van der Waals surface area (Å²) in [6.07, 6.45) is 0. The number of carboxylic acids is 1. The zero-order valence-corrected chi connectivity index (χ0v) is 10.3. The van der Waals surface area contributed by atoms with Gasteiger partial charge in [-0.05, 0) is 18.4 Å². The highest BCUT2D eigenvalue weighted by atomic mass is 32.1. The van der Waals surface area contributed by atoms with Crippen molar-refractivity contribution in [3.63, 3.8) is 0 Å². The van der Waals surface area contributed by atoms with Crippen molar-refractivity contribution in [1.82, 2.24) is 9.55 Å². The third-order valence-electron chi connectivity index (χ3n) is 2.41. The highest BCUT2D eigenvalue weighted by molar-refractivity contribution is 7.13. The molecule has 2 N–H and O–H groups in total. The fraction of sp³-hybridized carbons (Fsp3) is 0.182. The Morgan fingerprint density at radius 1 is 1.56 bits per heavy atom. The molecule has 0 saturated heterocycles. The van der Waals surface area contributed by atoms with Crippen LogP contribution < -0.4 is 5.56 Å². The van der Waals surface area contributed by atoms with Gasteiger partial charge in [-0.15, -0.1) is 11.3 Å². The number of hydrogen-bond donors (Lipinski definition) is 2. The second-order valence-electron chi connectivity index (χ2n) is 3.46. The van der Waals surface area contributed by atoms with Crippen LogP contribution in [0.25, 0.3) is 10.7 Å². The van der Waals surface area contributed by atoms with E-state index in [2.05, 4.69) is 4.98 Å². The van der Waals surface area contributed by atoms with Gasteiger partial charge in [0, 0.05) is 6.54 Å². The van der Waals surface area contributed by atoms with Crippen LogP contribution in [0.15, 0.2) is 22.3 Å². The largest absolute Gasteiger partial charge is 0.501 e. The number of rotatable bonds is 3. The molecular formula is C11H10N2O4S. The van der Waals surface area contributed by atoms with E-state index < -0.39 is 23.0 Å². The van der Waals surface area contributed by atoms with Crippen molar-refractivity contribution >= 4 is 17.3 Å². The highest BCUT2D eigenvalue weighted by Gasteiger charge is 2.21. The van der Waals surface area contributed by atoms with Gasteiger partial charge < -0.3 is 10.2 Å². The van der Waals surface area contributed by atoms with E-state index in [0.29, 0.717) is 11.4 Å². The molecule has 0 radical (unpaired) electrons. The third-order valence-corrected chi connectivity index (χ3v) is 3.27. The second kappa shape index (κ2) is 4.61. The van der Waals surface area contributed by atoms with Crippen LogP contribution >= 0.6 is 11.3 Å². The molecule has 2 heterocycles. The lowest BCUT2D eigenvalue weighted by molar-refractivity contribution is 0.0686. The normalized spacial score (nSPS) is 10.5. The van der Waals surface area contributed by atoms with Gasteiger partial charge in [-0.25, -0.2) is 9.78 Å². The molecule has 0 atom stereocenters. The van der Waals surface area contributed by atoms with Crippen molar-refractivity contribution in [1.29, 1.82) is 0 Å². The lowest BCUT2D eigenvalue weighted by Crippen LogP contribution is -2.24. The summed E-state index contributed by atoms with van der Waals surface area (Å²) in [6.45, 7) is 2.02. The van der Waals surface area contributed by atoms with Crippen LogP contribution in [-0.2, 0) is 6.54 Å². The Hall–Kier alpha value is -2.15. The number of nitrogens with zero attached hydrogens (tertiary/aromatic N) is 2. The van der Waals surface area contributed by atoms with E-state index in [1.807, 2.05) is 0 Å². The molecule has 2 aromatic heterocycles. The van der Waals surface area contributed by atoms with Gasteiger partial charge in [0.05, 0.1) is 4.88 Å². The summed E-state index contributed by atoms with van der Waals surface area (Å²) in [6, 6.07) is 3.51. The molecule has 2 aromatic rings. The number of aromatic carboxylic acids is 1. The van der Waals surface area contributed by atoms with Crippen LogP contribution in [0, 0.1) is 0 Å². The Morgan fingerprint density at radius 3 is 2.78 bits per heavy atom. The molecule has 0 aliphatic rings. The van der Waals surface area contributed by atoms with E-state index >= 15 is 0 Å². The maximum absolute atomic E-state index is 11.9. The smallest absolute Gasteiger partial charge is 0.358 e. The Morgan fingerprint density at radius 2 is 2.28 bits per heavy atom. The summed E-state index contributed by atoms with van der Waals surface area (Å²) in [5.74, 6) is -2.00. The monoisotopic (exact) mass is 266 g/mol. The van der Waals surface area contributed by atoms with Crippen LogP contribution in [0.1, 0.15) is 17.4 Å². The van der Waals surface area contributed by atoms with Crippen LogP contribution in [0.5, 0.6) is 5.75 Å². The number of carboxylic acid groups (broad SMARTS) is 1. The van der Waals surface area contributed by atoms with Gasteiger partial charge >= 0.3 is 5.97 Å². The molecule has 2 rings (SSSR count). The molecule has 0 amide bonds. The lowest BCUT2D eigenvalue weighted by atomic mass is 10.3. The summed E-state index contributed by atoms with van der Waals surface area (Å²) < 4.78 is 1.24. The fourth-order valence-corrected chi connectivity index (χ4v) is 2.30. The predicted octanol–water partition coefficient (Wildman–Crippen LogP) is 1.40. The molecule has 0 spiro atoms. The van der Waals surface area contributed by atoms with Gasteiger partial charge in [0.2, 0.25) is 5.75 Å². The van der Waals surface area contributed by atoms with Crippen molar-refractivity contribution in [2.75, 3.05) is 0 Å². The first-order valence-electron chi connectivity index (χ1n) is 5.17. The minimum absolute atomic E-state index is 0.257. The number of carbonyl (C=O) groups is 1. The molecule has 7 heteroatoms. The molecule has 94 valence electrons. The molecule has 0 unspecified atom stereocenters. The predicted molar refractivity (Wildman–Crippen MR) is 66.1 cm³/mol. The van der Waals surface area contributed by atoms with Gasteiger partial charge in [-0.1, -0.05) is 6.07 Å². The van der Waals surface area contributed by atoms with Crippen molar-refractivity contribution in [2.24, 2.45) is 0 Å². The van der Waals surface area contributed by atoms with Crippen molar-refractivity contribution < 1.29 is 15.0 Å². The molecule has 6 nitrogen and oxygen atoms in total. The average molecular weight is 266 g/mol. The minimum atomic E-state index is -1.43. The van der Waals surface area contributed by atoms with Crippen LogP contribution in [-0.4, -0.2) is 25.7 Å². The lowest BCUT2D eigenvalue weighted by Gasteiger charge is -2.10. The summed E-state index contributed by atoms with van der Waals surface area (Å²) in [5, 5.41) is 20.2. The van der Waals surface area contributed by atoms with Gasteiger partial charge in [-0.3, -0.25) is 9.36 Å². The first-order valence-corrected chi connectivity index (χ1v) is 6.05. The number of aromatic hydroxyl groups is 1. The summed E-state index contributed by atoms with van der Waals surface area (Å²) in [4.78, 5) is 27.3. The molecule has 0 saturated carbocycles.